The van der Waals surface area contributed by atoms with Crippen molar-refractivity contribution in [2.24, 2.45) is 0 Å². The molecule has 0 unspecified atom stereocenters. The highest BCUT2D eigenvalue weighted by molar-refractivity contribution is 5.94. The number of benzene rings is 8. The number of fused-ring (bicyclic) bond motifs is 2. The molecular weight excluding hydrogens is 681 g/mol. The van der Waals surface area contributed by atoms with Crippen LogP contribution in [-0.2, 0) is 0 Å². The fourth-order valence-corrected chi connectivity index (χ4v) is 7.32. The van der Waals surface area contributed by atoms with Gasteiger partial charge < -0.3 is 9.80 Å². The number of aryl methyl sites for hydroxylation is 4. The van der Waals surface area contributed by atoms with Gasteiger partial charge in [-0.2, -0.15) is 5.26 Å². The van der Waals surface area contributed by atoms with E-state index < -0.39 is 0 Å². The minimum atomic E-state index is 0.628. The third-order valence-electron chi connectivity index (χ3n) is 10.4. The molecule has 8 aromatic carbocycles. The van der Waals surface area contributed by atoms with Crippen LogP contribution in [0, 0.1) is 45.6 Å². The van der Waals surface area contributed by atoms with Crippen molar-refractivity contribution in [1.82, 2.24) is 0 Å². The van der Waals surface area contributed by atoms with Gasteiger partial charge in [-0.25, -0.2) is 4.85 Å². The topological polar surface area (TPSA) is 34.6 Å². The molecular formula is C52H40N4. The molecule has 0 bridgehead atoms. The van der Waals surface area contributed by atoms with E-state index in [0.29, 0.717) is 11.3 Å². The van der Waals surface area contributed by atoms with Crippen LogP contribution in [0.15, 0.2) is 158 Å². The molecule has 0 aromatic heterocycles. The summed E-state index contributed by atoms with van der Waals surface area (Å²) in [6.45, 7) is 15.9. The number of nitriles is 1. The van der Waals surface area contributed by atoms with Crippen LogP contribution >= 0.6 is 0 Å². The molecule has 0 radical (unpaired) electrons. The van der Waals surface area contributed by atoms with Crippen LogP contribution < -0.4 is 9.80 Å². The largest absolute Gasteiger partial charge is 0.310 e. The van der Waals surface area contributed by atoms with Gasteiger partial charge in [-0.05, 0) is 168 Å². The van der Waals surface area contributed by atoms with Crippen molar-refractivity contribution in [3.63, 3.8) is 0 Å². The first-order valence-electron chi connectivity index (χ1n) is 18.7. The monoisotopic (exact) mass is 720 g/mol. The van der Waals surface area contributed by atoms with E-state index >= 15 is 0 Å². The molecule has 0 aliphatic rings. The summed E-state index contributed by atoms with van der Waals surface area (Å²) in [4.78, 5) is 8.15. The number of nitrogens with zero attached hydrogens (tertiary/aromatic N) is 4. The predicted molar refractivity (Wildman–Crippen MR) is 236 cm³/mol. The van der Waals surface area contributed by atoms with Gasteiger partial charge in [-0.15, -0.1) is 0 Å². The zero-order valence-electron chi connectivity index (χ0n) is 32.0. The Hall–Kier alpha value is -7.40. The first-order chi connectivity index (χ1) is 27.3. The van der Waals surface area contributed by atoms with E-state index in [0.717, 1.165) is 56.0 Å². The van der Waals surface area contributed by atoms with E-state index in [1.165, 1.54) is 33.0 Å². The van der Waals surface area contributed by atoms with Crippen molar-refractivity contribution in [2.45, 2.75) is 27.7 Å². The van der Waals surface area contributed by atoms with Gasteiger partial charge in [0, 0.05) is 34.1 Å². The lowest BCUT2D eigenvalue weighted by molar-refractivity contribution is 1.24. The fourth-order valence-electron chi connectivity index (χ4n) is 7.32. The third kappa shape index (κ3) is 7.25. The van der Waals surface area contributed by atoms with Gasteiger partial charge in [0.2, 0.25) is 0 Å². The van der Waals surface area contributed by atoms with Crippen molar-refractivity contribution in [3.8, 4) is 6.07 Å². The molecule has 0 amide bonds. The van der Waals surface area contributed by atoms with Crippen LogP contribution in [-0.4, -0.2) is 0 Å². The van der Waals surface area contributed by atoms with Crippen molar-refractivity contribution >= 4 is 73.5 Å². The van der Waals surface area contributed by atoms with Crippen molar-refractivity contribution in [2.75, 3.05) is 9.80 Å². The second-order valence-corrected chi connectivity index (χ2v) is 14.5. The van der Waals surface area contributed by atoms with E-state index in [1.54, 1.807) is 0 Å². The molecule has 0 atom stereocenters. The predicted octanol–water partition coefficient (Wildman–Crippen LogP) is 14.8. The summed E-state index contributed by atoms with van der Waals surface area (Å²) in [7, 11) is 0. The SMILES string of the molecule is [C-]#[N+]c1ccc(N(c2ccc3cc(/C=C/c4ccc5cc(N(c6ccc(C#N)cc6)c6cc(C)ccc6C)ccc5c4)ccc3c2)c2cc(C)ccc2C)cc1. The van der Waals surface area contributed by atoms with Crippen LogP contribution in [0.1, 0.15) is 38.9 Å². The van der Waals surface area contributed by atoms with Gasteiger partial charge in [0.05, 0.1) is 18.2 Å². The van der Waals surface area contributed by atoms with Gasteiger partial charge >= 0.3 is 0 Å². The molecule has 0 spiro atoms. The molecule has 56 heavy (non-hydrogen) atoms. The van der Waals surface area contributed by atoms with Crippen molar-refractivity contribution < 1.29 is 0 Å². The van der Waals surface area contributed by atoms with E-state index in [9.17, 15) is 5.26 Å². The molecule has 4 heteroatoms. The Balaban J connectivity index is 1.08. The van der Waals surface area contributed by atoms with Gasteiger partial charge in [-0.3, -0.25) is 0 Å². The third-order valence-corrected chi connectivity index (χ3v) is 10.4. The molecule has 268 valence electrons. The molecule has 8 aromatic rings. The van der Waals surface area contributed by atoms with E-state index in [1.807, 2.05) is 48.5 Å². The highest BCUT2D eigenvalue weighted by Gasteiger charge is 2.17. The van der Waals surface area contributed by atoms with Crippen LogP contribution in [0.5, 0.6) is 0 Å². The summed E-state index contributed by atoms with van der Waals surface area (Å²) < 4.78 is 0. The molecule has 0 heterocycles. The van der Waals surface area contributed by atoms with Gasteiger partial charge in [0.1, 0.15) is 0 Å². The summed E-state index contributed by atoms with van der Waals surface area (Å²) in [6.07, 6.45) is 4.36. The molecule has 8 rings (SSSR count). The summed E-state index contributed by atoms with van der Waals surface area (Å²) in [5.41, 5.74) is 14.7. The molecule has 0 N–H and O–H groups in total. The Kier molecular flexibility index (Phi) is 9.64. The average molecular weight is 721 g/mol. The first-order valence-corrected chi connectivity index (χ1v) is 18.7. The molecule has 0 fully saturated rings. The normalized spacial score (nSPS) is 11.1. The summed E-state index contributed by atoms with van der Waals surface area (Å²) >= 11 is 0. The summed E-state index contributed by atoms with van der Waals surface area (Å²) in [6, 6.07) is 57.3. The minimum absolute atomic E-state index is 0.628. The Labute approximate surface area is 329 Å². The number of rotatable bonds is 8. The minimum Gasteiger partial charge on any atom is -0.310 e. The maximum absolute atomic E-state index is 9.41. The van der Waals surface area contributed by atoms with Crippen LogP contribution in [0.2, 0.25) is 0 Å². The molecule has 4 nitrogen and oxygen atoms in total. The second kappa shape index (κ2) is 15.2. The smallest absolute Gasteiger partial charge is 0.187 e. The van der Waals surface area contributed by atoms with E-state index in [2.05, 4.69) is 170 Å². The van der Waals surface area contributed by atoms with E-state index in [4.69, 9.17) is 6.57 Å². The second-order valence-electron chi connectivity index (χ2n) is 14.5. The standard InChI is InChI=1S/C52H40N4/c1-35-6-8-37(3)51(28-35)55(47-22-14-41(34-53)15-23-47)49-24-18-42-30-39(12-16-44(42)32-49)10-11-40-13-17-45-33-50(25-19-43(45)31-40)56(48-26-20-46(54-5)21-27-48)52-29-36(2)7-9-38(52)4/h6-33H,1-4H3/b11-10+. The van der Waals surface area contributed by atoms with Crippen molar-refractivity contribution in [3.05, 3.63) is 208 Å². The highest BCUT2D eigenvalue weighted by Crippen LogP contribution is 2.40. The lowest BCUT2D eigenvalue weighted by atomic mass is 10.0. The Morgan fingerprint density at radius 1 is 0.464 bits per heavy atom. The Morgan fingerprint density at radius 3 is 1.32 bits per heavy atom. The average Bonchev–Trinajstić information content (AvgIpc) is 3.23. The molecule has 0 aliphatic heterocycles. The lowest BCUT2D eigenvalue weighted by Crippen LogP contribution is -2.11. The fraction of sp³-hybridized carbons (Fsp3) is 0.0769. The summed E-state index contributed by atoms with van der Waals surface area (Å²) in [5, 5.41) is 14.1. The van der Waals surface area contributed by atoms with E-state index in [-0.39, 0.29) is 0 Å². The molecule has 0 saturated heterocycles. The van der Waals surface area contributed by atoms with Crippen LogP contribution in [0.25, 0.3) is 38.5 Å². The maximum Gasteiger partial charge on any atom is 0.187 e. The molecule has 0 aliphatic carbocycles. The number of hydrogen-bond donors (Lipinski definition) is 0. The van der Waals surface area contributed by atoms with Gasteiger partial charge in [0.25, 0.3) is 0 Å². The van der Waals surface area contributed by atoms with Gasteiger partial charge in [-0.1, -0.05) is 84.9 Å². The highest BCUT2D eigenvalue weighted by atomic mass is 15.1. The van der Waals surface area contributed by atoms with Crippen molar-refractivity contribution in [1.29, 1.82) is 5.26 Å². The lowest BCUT2D eigenvalue weighted by Gasteiger charge is -2.28. The first kappa shape index (κ1) is 35.6. The number of anilines is 6. The Morgan fingerprint density at radius 2 is 0.875 bits per heavy atom. The zero-order valence-corrected chi connectivity index (χ0v) is 32.0. The Bertz CT molecular complexity index is 2670. The van der Waals surface area contributed by atoms with Gasteiger partial charge in [0.15, 0.2) is 5.69 Å². The molecule has 0 saturated carbocycles. The zero-order chi connectivity index (χ0) is 38.8. The van der Waals surface area contributed by atoms with Crippen LogP contribution in [0.4, 0.5) is 39.8 Å². The number of hydrogen-bond acceptors (Lipinski definition) is 3. The van der Waals surface area contributed by atoms with Crippen LogP contribution in [0.3, 0.4) is 0 Å². The quantitative estimate of drug-likeness (QED) is 0.116. The summed E-state index contributed by atoms with van der Waals surface area (Å²) in [5.74, 6) is 0. The maximum atomic E-state index is 9.41.